The van der Waals surface area contributed by atoms with Gasteiger partial charge in [0.1, 0.15) is 5.01 Å². The van der Waals surface area contributed by atoms with E-state index in [1.54, 1.807) is 11.3 Å². The van der Waals surface area contributed by atoms with Crippen LogP contribution >= 0.6 is 11.3 Å². The number of piperazine rings is 1. The molecule has 0 radical (unpaired) electrons. The first-order chi connectivity index (χ1) is 11.1. The van der Waals surface area contributed by atoms with E-state index in [1.807, 2.05) is 36.1 Å². The fourth-order valence-corrected chi connectivity index (χ4v) is 3.74. The molecule has 0 bridgehead atoms. The molecule has 1 aliphatic heterocycles. The van der Waals surface area contributed by atoms with Gasteiger partial charge in [-0.1, -0.05) is 19.1 Å². The van der Waals surface area contributed by atoms with E-state index in [0.717, 1.165) is 54.6 Å². The van der Waals surface area contributed by atoms with Crippen LogP contribution in [0.15, 0.2) is 24.3 Å². The summed E-state index contributed by atoms with van der Waals surface area (Å²) in [5, 5.41) is 0.991. The van der Waals surface area contributed by atoms with Crippen molar-refractivity contribution < 1.29 is 4.79 Å². The van der Waals surface area contributed by atoms with Gasteiger partial charge in [-0.05, 0) is 32.5 Å². The lowest BCUT2D eigenvalue weighted by Gasteiger charge is -2.34. The second kappa shape index (κ2) is 6.81. The molecule has 0 atom stereocenters. The zero-order chi connectivity index (χ0) is 16.4. The van der Waals surface area contributed by atoms with Crippen LogP contribution in [0.2, 0.25) is 0 Å². The average Bonchev–Trinajstić information content (AvgIpc) is 2.93. The average molecular weight is 329 g/mol. The second-order valence-electron chi connectivity index (χ2n) is 5.97. The first-order valence-corrected chi connectivity index (χ1v) is 8.96. The monoisotopic (exact) mass is 329 g/mol. The number of carbonyl (C=O) groups excluding carboxylic acids is 1. The van der Waals surface area contributed by atoms with Crippen molar-refractivity contribution in [1.82, 2.24) is 14.8 Å². The van der Waals surface area contributed by atoms with Crippen molar-refractivity contribution in [3.63, 3.8) is 0 Å². The number of thiazole rings is 1. The lowest BCUT2D eigenvalue weighted by molar-refractivity contribution is 0.0643. The Kier molecular flexibility index (Phi) is 4.78. The summed E-state index contributed by atoms with van der Waals surface area (Å²) in [6.07, 6.45) is 0. The van der Waals surface area contributed by atoms with Gasteiger partial charge in [-0.15, -0.1) is 11.3 Å². The Morgan fingerprint density at radius 3 is 2.57 bits per heavy atom. The van der Waals surface area contributed by atoms with Crippen molar-refractivity contribution in [1.29, 1.82) is 0 Å². The Labute approximate surface area is 141 Å². The van der Waals surface area contributed by atoms with Gasteiger partial charge < -0.3 is 9.80 Å². The minimum Gasteiger partial charge on any atom is -0.336 e. The molecular formula is C18H23N3OS. The molecule has 0 aliphatic carbocycles. The number of nitrogens with zero attached hydrogens (tertiary/aromatic N) is 3. The van der Waals surface area contributed by atoms with Crippen LogP contribution in [-0.4, -0.2) is 53.4 Å². The highest BCUT2D eigenvalue weighted by molar-refractivity contribution is 7.15. The summed E-state index contributed by atoms with van der Waals surface area (Å²) >= 11 is 1.68. The van der Waals surface area contributed by atoms with Crippen LogP contribution in [0.1, 0.15) is 27.9 Å². The number of aromatic nitrogens is 1. The minimum absolute atomic E-state index is 0.132. The van der Waals surface area contributed by atoms with Gasteiger partial charge in [-0.2, -0.15) is 0 Å². The summed E-state index contributed by atoms with van der Waals surface area (Å²) < 4.78 is 0. The van der Waals surface area contributed by atoms with Gasteiger partial charge in [0.15, 0.2) is 0 Å². The SMILES string of the molecule is CCN1CCN(C(=O)c2cccc(-c3nc(C)c(C)s3)c2)CC1. The van der Waals surface area contributed by atoms with Crippen molar-refractivity contribution in [2.75, 3.05) is 32.7 Å². The van der Waals surface area contributed by atoms with Crippen molar-refractivity contribution in [3.05, 3.63) is 40.4 Å². The van der Waals surface area contributed by atoms with E-state index in [4.69, 9.17) is 0 Å². The third kappa shape index (κ3) is 3.46. The third-order valence-electron chi connectivity index (χ3n) is 4.49. The normalized spacial score (nSPS) is 15.9. The molecule has 1 aromatic heterocycles. The summed E-state index contributed by atoms with van der Waals surface area (Å²) in [5.74, 6) is 0.132. The molecule has 23 heavy (non-hydrogen) atoms. The third-order valence-corrected chi connectivity index (χ3v) is 5.61. The summed E-state index contributed by atoms with van der Waals surface area (Å²) in [4.78, 5) is 22.9. The van der Waals surface area contributed by atoms with Crippen LogP contribution in [0.5, 0.6) is 0 Å². The molecule has 1 amide bonds. The van der Waals surface area contributed by atoms with Crippen LogP contribution in [0.25, 0.3) is 10.6 Å². The standard InChI is InChI=1S/C18H23N3OS/c1-4-20-8-10-21(11-9-20)18(22)16-7-5-6-15(12-16)17-19-13(2)14(3)23-17/h5-7,12H,4,8-11H2,1-3H3. The number of carbonyl (C=O) groups is 1. The van der Waals surface area contributed by atoms with Gasteiger partial charge in [0.05, 0.1) is 5.69 Å². The Hall–Kier alpha value is -1.72. The number of benzene rings is 1. The highest BCUT2D eigenvalue weighted by atomic mass is 32.1. The maximum absolute atomic E-state index is 12.7. The van der Waals surface area contributed by atoms with E-state index in [9.17, 15) is 4.79 Å². The number of amides is 1. The predicted octanol–water partition coefficient (Wildman–Crippen LogP) is 3.20. The predicted molar refractivity (Wildman–Crippen MR) is 95.0 cm³/mol. The van der Waals surface area contributed by atoms with E-state index >= 15 is 0 Å². The molecule has 3 rings (SSSR count). The highest BCUT2D eigenvalue weighted by Gasteiger charge is 2.21. The first kappa shape index (κ1) is 16.1. The van der Waals surface area contributed by atoms with Gasteiger partial charge >= 0.3 is 0 Å². The number of rotatable bonds is 3. The Balaban J connectivity index is 1.78. The van der Waals surface area contributed by atoms with Crippen LogP contribution in [0.4, 0.5) is 0 Å². The summed E-state index contributed by atoms with van der Waals surface area (Å²) in [7, 11) is 0. The smallest absolute Gasteiger partial charge is 0.253 e. The largest absolute Gasteiger partial charge is 0.336 e. The topological polar surface area (TPSA) is 36.4 Å². The fraction of sp³-hybridized carbons (Fsp3) is 0.444. The maximum Gasteiger partial charge on any atom is 0.253 e. The van der Waals surface area contributed by atoms with E-state index in [-0.39, 0.29) is 5.91 Å². The lowest BCUT2D eigenvalue weighted by Crippen LogP contribution is -2.48. The molecule has 1 saturated heterocycles. The molecule has 0 unspecified atom stereocenters. The van der Waals surface area contributed by atoms with Gasteiger partial charge in [-0.25, -0.2) is 4.98 Å². The minimum atomic E-state index is 0.132. The van der Waals surface area contributed by atoms with Crippen molar-refractivity contribution in [3.8, 4) is 10.6 Å². The van der Waals surface area contributed by atoms with Crippen LogP contribution in [0, 0.1) is 13.8 Å². The molecular weight excluding hydrogens is 306 g/mol. The van der Waals surface area contributed by atoms with Crippen molar-refractivity contribution >= 4 is 17.2 Å². The molecule has 1 aliphatic rings. The number of aryl methyl sites for hydroxylation is 2. The lowest BCUT2D eigenvalue weighted by atomic mass is 10.1. The Bertz CT molecular complexity index is 683. The van der Waals surface area contributed by atoms with E-state index in [2.05, 4.69) is 23.7 Å². The van der Waals surface area contributed by atoms with Gasteiger partial charge in [0.2, 0.25) is 0 Å². The molecule has 2 aromatic rings. The van der Waals surface area contributed by atoms with E-state index < -0.39 is 0 Å². The molecule has 0 saturated carbocycles. The molecule has 2 heterocycles. The second-order valence-corrected chi connectivity index (χ2v) is 7.17. The van der Waals surface area contributed by atoms with E-state index in [0.29, 0.717) is 0 Å². The zero-order valence-corrected chi connectivity index (χ0v) is 14.8. The molecule has 0 N–H and O–H groups in total. The quantitative estimate of drug-likeness (QED) is 0.867. The molecule has 1 aromatic carbocycles. The summed E-state index contributed by atoms with van der Waals surface area (Å²) in [6.45, 7) is 10.9. The molecule has 1 fully saturated rings. The van der Waals surface area contributed by atoms with Gasteiger partial charge in [0.25, 0.3) is 5.91 Å². The number of hydrogen-bond donors (Lipinski definition) is 0. The number of likely N-dealkylation sites (N-methyl/N-ethyl adjacent to an activating group) is 1. The highest BCUT2D eigenvalue weighted by Crippen LogP contribution is 2.28. The first-order valence-electron chi connectivity index (χ1n) is 8.14. The maximum atomic E-state index is 12.7. The van der Waals surface area contributed by atoms with Crippen molar-refractivity contribution in [2.45, 2.75) is 20.8 Å². The van der Waals surface area contributed by atoms with Crippen LogP contribution < -0.4 is 0 Å². The Morgan fingerprint density at radius 1 is 1.22 bits per heavy atom. The number of hydrogen-bond acceptors (Lipinski definition) is 4. The molecule has 4 nitrogen and oxygen atoms in total. The van der Waals surface area contributed by atoms with Gasteiger partial charge in [0, 0.05) is 42.2 Å². The zero-order valence-electron chi connectivity index (χ0n) is 14.0. The Morgan fingerprint density at radius 2 is 1.96 bits per heavy atom. The van der Waals surface area contributed by atoms with Gasteiger partial charge in [-0.3, -0.25) is 4.79 Å². The van der Waals surface area contributed by atoms with Crippen LogP contribution in [0.3, 0.4) is 0 Å². The van der Waals surface area contributed by atoms with Crippen LogP contribution in [-0.2, 0) is 0 Å². The van der Waals surface area contributed by atoms with E-state index in [1.165, 1.54) is 4.88 Å². The molecule has 0 spiro atoms. The molecule has 5 heteroatoms. The fourth-order valence-electron chi connectivity index (χ4n) is 2.83. The molecule has 122 valence electrons. The summed E-state index contributed by atoms with van der Waals surface area (Å²) in [6, 6.07) is 7.87. The van der Waals surface area contributed by atoms with Crippen molar-refractivity contribution in [2.24, 2.45) is 0 Å². The summed E-state index contributed by atoms with van der Waals surface area (Å²) in [5.41, 5.74) is 2.86.